The van der Waals surface area contributed by atoms with Gasteiger partial charge in [-0.1, -0.05) is 5.25 Å². The van der Waals surface area contributed by atoms with Crippen LogP contribution >= 0.6 is 0 Å². The molecular weight excluding hydrogens is 315 g/mol. The molecule has 0 spiro atoms. The van der Waals surface area contributed by atoms with Gasteiger partial charge in [0, 0.05) is 25.4 Å². The van der Waals surface area contributed by atoms with E-state index >= 15 is 0 Å². The Labute approximate surface area is 173 Å². The van der Waals surface area contributed by atoms with Crippen LogP contribution in [0.1, 0.15) is 39.0 Å². The van der Waals surface area contributed by atoms with Gasteiger partial charge in [-0.15, -0.1) is 0 Å². The minimum absolute atomic E-state index is 0. The minimum atomic E-state index is -0.575. The van der Waals surface area contributed by atoms with Gasteiger partial charge in [0.15, 0.2) is 0 Å². The fourth-order valence-corrected chi connectivity index (χ4v) is 3.30. The molecule has 1 atom stereocenters. The van der Waals surface area contributed by atoms with E-state index in [1.54, 1.807) is 0 Å². The van der Waals surface area contributed by atoms with E-state index in [-0.39, 0.29) is 81.4 Å². The van der Waals surface area contributed by atoms with Crippen LogP contribution in [0.25, 0.3) is 0 Å². The minimum Gasteiger partial charge on any atom is -0.779 e. The Kier molecular flexibility index (Phi) is 8.45. The number of amides is 3. The van der Waals surface area contributed by atoms with Crippen LogP contribution in [-0.4, -0.2) is 41.0 Å². The maximum Gasteiger partial charge on any atom is 1.00 e. The summed E-state index contributed by atoms with van der Waals surface area (Å²) < 4.78 is 0. The molecule has 5 nitrogen and oxygen atoms in total. The molecule has 0 bridgehead atoms. The summed E-state index contributed by atoms with van der Waals surface area (Å²) in [6.45, 7) is 3.06. The topological polar surface area (TPSA) is 66.5 Å². The van der Waals surface area contributed by atoms with Crippen molar-refractivity contribution >= 4 is 30.4 Å². The molecule has 1 saturated heterocycles. The molecule has 3 amide bonds. The van der Waals surface area contributed by atoms with Gasteiger partial charge in [0.05, 0.1) is 0 Å². The van der Waals surface area contributed by atoms with Crippen molar-refractivity contribution in [1.82, 2.24) is 10.2 Å². The number of imide groups is 1. The zero-order chi connectivity index (χ0) is 14.7. The Bertz CT molecular complexity index is 411. The third kappa shape index (κ3) is 5.04. The first-order chi connectivity index (χ1) is 9.52. The van der Waals surface area contributed by atoms with Crippen molar-refractivity contribution < 1.29 is 65.8 Å². The fourth-order valence-electron chi connectivity index (χ4n) is 3.03. The molecule has 2 aliphatic rings. The van der Waals surface area contributed by atoms with E-state index in [0.717, 1.165) is 25.7 Å². The van der Waals surface area contributed by atoms with Crippen molar-refractivity contribution in [3.63, 3.8) is 0 Å². The number of hydrogen-bond acceptors (Lipinski definition) is 4. The summed E-state index contributed by atoms with van der Waals surface area (Å²) in [6.07, 6.45) is 3.62. The summed E-state index contributed by atoms with van der Waals surface area (Å²) in [5.41, 5.74) is 0. The molecule has 1 unspecified atom stereocenters. The quantitative estimate of drug-likeness (QED) is 0.353. The number of nitrogens with one attached hydrogen (secondary N) is 1. The summed E-state index contributed by atoms with van der Waals surface area (Å²) in [6, 6.07) is 0. The smallest absolute Gasteiger partial charge is 0.779 e. The predicted molar refractivity (Wildman–Crippen MR) is 76.6 cm³/mol. The zero-order valence-corrected chi connectivity index (χ0v) is 16.7. The Hall–Kier alpha value is 0.596. The molecule has 0 aromatic rings. The molecule has 21 heavy (non-hydrogen) atoms. The Morgan fingerprint density at radius 1 is 1.29 bits per heavy atom. The molecule has 0 aromatic carbocycles. The van der Waals surface area contributed by atoms with Crippen LogP contribution in [0.5, 0.6) is 0 Å². The molecule has 0 radical (unpaired) electrons. The van der Waals surface area contributed by atoms with Crippen LogP contribution < -0.4 is 56.7 Å². The number of nitrogens with zero attached hydrogens (tertiary/aromatic N) is 1. The number of hydrogen-bond donors (Lipinski definition) is 1. The van der Waals surface area contributed by atoms with Gasteiger partial charge in [-0.25, -0.2) is 0 Å². The third-order valence-corrected chi connectivity index (χ3v) is 4.58. The van der Waals surface area contributed by atoms with E-state index in [1.807, 2.05) is 6.92 Å². The van der Waals surface area contributed by atoms with Gasteiger partial charge in [-0.2, -0.15) is 0 Å². The average molecular weight is 336 g/mol. The second-order valence-electron chi connectivity index (χ2n) is 5.65. The molecule has 0 aromatic heterocycles. The van der Waals surface area contributed by atoms with Gasteiger partial charge in [-0.05, 0) is 38.5 Å². The van der Waals surface area contributed by atoms with E-state index in [0.29, 0.717) is 19.0 Å². The first-order valence-electron chi connectivity index (χ1n) is 7.30. The maximum absolute atomic E-state index is 11.8. The molecule has 2 fully saturated rings. The normalized spacial score (nSPS) is 29.2. The van der Waals surface area contributed by atoms with Gasteiger partial charge in [0.2, 0.25) is 17.7 Å². The summed E-state index contributed by atoms with van der Waals surface area (Å²) in [5.74, 6) is 0.179. The molecule has 1 aliphatic heterocycles. The van der Waals surface area contributed by atoms with Crippen LogP contribution in [0.2, 0.25) is 0 Å². The monoisotopic (exact) mass is 336 g/mol. The van der Waals surface area contributed by atoms with E-state index in [9.17, 15) is 14.4 Å². The summed E-state index contributed by atoms with van der Waals surface area (Å²) in [4.78, 5) is 36.6. The van der Waals surface area contributed by atoms with Crippen molar-refractivity contribution in [2.75, 3.05) is 13.1 Å². The second-order valence-corrected chi connectivity index (χ2v) is 6.22. The van der Waals surface area contributed by atoms with Crippen molar-refractivity contribution in [3.05, 3.63) is 0 Å². The number of likely N-dealkylation sites (tertiary alicyclic amines) is 1. The van der Waals surface area contributed by atoms with Crippen LogP contribution in [0.4, 0.5) is 0 Å². The second kappa shape index (κ2) is 9.03. The first-order valence-corrected chi connectivity index (χ1v) is 7.77. The van der Waals surface area contributed by atoms with E-state index in [2.05, 4.69) is 5.32 Å². The largest absolute Gasteiger partial charge is 1.00 e. The molecule has 1 aliphatic carbocycles. The average Bonchev–Trinajstić information content (AvgIpc) is 2.66. The fraction of sp³-hybridized carbons (Fsp3) is 0.786. The van der Waals surface area contributed by atoms with Gasteiger partial charge >= 0.3 is 51.4 Å². The Balaban J connectivity index is 0.00000220. The van der Waals surface area contributed by atoms with Crippen LogP contribution in [0, 0.1) is 11.8 Å². The molecule has 1 N–H and O–H groups in total. The molecule has 2 rings (SSSR count). The van der Waals surface area contributed by atoms with Crippen molar-refractivity contribution in [2.24, 2.45) is 11.8 Å². The number of carbonyl (C=O) groups excluding carboxylic acids is 3. The number of carbonyl (C=O) groups is 3. The van der Waals surface area contributed by atoms with Crippen molar-refractivity contribution in [3.8, 4) is 0 Å². The summed E-state index contributed by atoms with van der Waals surface area (Å²) in [7, 11) is 0. The molecule has 7 heteroatoms. The Morgan fingerprint density at radius 2 is 1.90 bits per heavy atom. The Morgan fingerprint density at radius 3 is 2.38 bits per heavy atom. The van der Waals surface area contributed by atoms with E-state index in [4.69, 9.17) is 12.6 Å². The van der Waals surface area contributed by atoms with Gasteiger partial charge in [-0.3, -0.25) is 19.3 Å². The van der Waals surface area contributed by atoms with Crippen LogP contribution in [0.3, 0.4) is 0 Å². The third-order valence-electron chi connectivity index (χ3n) is 4.21. The molecule has 112 valence electrons. The first kappa shape index (κ1) is 19.6. The molecule has 1 saturated carbocycles. The molecule has 1 heterocycles. The van der Waals surface area contributed by atoms with Crippen molar-refractivity contribution in [1.29, 1.82) is 0 Å². The molecular formula is C14H21KN2O3S. The predicted octanol–water partition coefficient (Wildman–Crippen LogP) is -2.39. The number of rotatable bonds is 4. The zero-order valence-electron chi connectivity index (χ0n) is 12.8. The van der Waals surface area contributed by atoms with E-state index < -0.39 is 5.25 Å². The maximum atomic E-state index is 11.8. The van der Waals surface area contributed by atoms with Gasteiger partial charge in [0.25, 0.3) is 0 Å². The van der Waals surface area contributed by atoms with Crippen LogP contribution in [-0.2, 0) is 27.0 Å². The van der Waals surface area contributed by atoms with Crippen LogP contribution in [0.15, 0.2) is 0 Å². The summed E-state index contributed by atoms with van der Waals surface area (Å²) in [5, 5.41) is 2.28. The van der Waals surface area contributed by atoms with Gasteiger partial charge < -0.3 is 17.9 Å². The van der Waals surface area contributed by atoms with Gasteiger partial charge in [0.1, 0.15) is 0 Å². The van der Waals surface area contributed by atoms with Crippen molar-refractivity contribution in [2.45, 2.75) is 44.3 Å². The standard InChI is InChI=1S/C14H22N2O3S.K/c1-2-15-13(18)10-5-3-9(4-6-10)8-16-12(17)7-11(20)14(16)19;/h9-11,20H,2-8H2,1H3,(H,15,18);/q;+1/p-1. The summed E-state index contributed by atoms with van der Waals surface area (Å²) >= 11 is 4.96. The van der Waals surface area contributed by atoms with E-state index in [1.165, 1.54) is 4.90 Å². The SMILES string of the molecule is CCNC(=O)C1CCC(CN2C(=O)CC([S-])C2=O)CC1.[K+].